The molecule has 0 atom stereocenters. The van der Waals surface area contributed by atoms with Crippen molar-refractivity contribution in [3.8, 4) is 0 Å². The Morgan fingerprint density at radius 1 is 1.23 bits per heavy atom. The average molecular weight is 309 g/mol. The third-order valence-electron chi connectivity index (χ3n) is 4.29. The first-order valence-corrected chi connectivity index (χ1v) is 8.07. The molecule has 5 nitrogen and oxygen atoms in total. The molecule has 0 aromatic carbocycles. The van der Waals surface area contributed by atoms with Gasteiger partial charge in [0, 0.05) is 19.2 Å². The molecule has 0 aromatic rings. The molecule has 1 aliphatic heterocycles. The maximum absolute atomic E-state index is 12.0. The molecule has 1 spiro atoms. The monoisotopic (exact) mass is 309 g/mol. The van der Waals surface area contributed by atoms with Crippen LogP contribution in [0.5, 0.6) is 0 Å². The number of likely N-dealkylation sites (tertiary alicyclic amines) is 1. The van der Waals surface area contributed by atoms with E-state index in [1.165, 1.54) is 5.57 Å². The van der Waals surface area contributed by atoms with Crippen molar-refractivity contribution in [3.63, 3.8) is 0 Å². The summed E-state index contributed by atoms with van der Waals surface area (Å²) in [5, 5.41) is 0. The van der Waals surface area contributed by atoms with Crippen LogP contribution in [0.15, 0.2) is 11.6 Å². The number of ether oxygens (including phenoxy) is 2. The summed E-state index contributed by atoms with van der Waals surface area (Å²) < 4.78 is 10.3. The topological polar surface area (TPSA) is 55.8 Å². The van der Waals surface area contributed by atoms with Gasteiger partial charge in [-0.15, -0.1) is 0 Å². The Kier molecular flexibility index (Phi) is 4.83. The number of hydrogen-bond donors (Lipinski definition) is 0. The van der Waals surface area contributed by atoms with Crippen LogP contribution in [-0.4, -0.2) is 42.3 Å². The summed E-state index contributed by atoms with van der Waals surface area (Å²) in [7, 11) is 0. The molecule has 1 heterocycles. The Hall–Kier alpha value is -1.52. The standard InChI is InChI=1S/C17H27NO4/c1-5-21-14(19)10-13-11-17(12-13)6-8-18(9-7-17)15(20)22-16(2,3)4/h10H,5-9,11-12H2,1-4H3. The van der Waals surface area contributed by atoms with E-state index >= 15 is 0 Å². The molecule has 0 unspecified atom stereocenters. The third-order valence-corrected chi connectivity index (χ3v) is 4.29. The summed E-state index contributed by atoms with van der Waals surface area (Å²) in [5.74, 6) is -0.237. The van der Waals surface area contributed by atoms with Crippen LogP contribution in [0.3, 0.4) is 0 Å². The molecule has 1 amide bonds. The summed E-state index contributed by atoms with van der Waals surface area (Å²) in [5.41, 5.74) is 0.999. The summed E-state index contributed by atoms with van der Waals surface area (Å²) >= 11 is 0. The van der Waals surface area contributed by atoms with Gasteiger partial charge in [0.15, 0.2) is 0 Å². The van der Waals surface area contributed by atoms with E-state index in [1.54, 1.807) is 11.0 Å². The predicted molar refractivity (Wildman–Crippen MR) is 83.4 cm³/mol. The molecule has 2 fully saturated rings. The van der Waals surface area contributed by atoms with Crippen LogP contribution < -0.4 is 0 Å². The van der Waals surface area contributed by atoms with Gasteiger partial charge in [0.2, 0.25) is 0 Å². The third kappa shape index (κ3) is 4.24. The SMILES string of the molecule is CCOC(=O)C=C1CC2(CCN(C(=O)OC(C)(C)C)CC2)C1. The van der Waals surface area contributed by atoms with Gasteiger partial charge < -0.3 is 14.4 Å². The van der Waals surface area contributed by atoms with Crippen molar-refractivity contribution < 1.29 is 19.1 Å². The first kappa shape index (κ1) is 16.8. The van der Waals surface area contributed by atoms with E-state index in [2.05, 4.69) is 0 Å². The second kappa shape index (κ2) is 6.31. The number of esters is 1. The number of rotatable bonds is 2. The first-order valence-electron chi connectivity index (χ1n) is 8.07. The number of allylic oxidation sites excluding steroid dienone is 1. The zero-order valence-electron chi connectivity index (χ0n) is 14.1. The first-order chi connectivity index (χ1) is 10.2. The van der Waals surface area contributed by atoms with E-state index < -0.39 is 5.60 Å². The highest BCUT2D eigenvalue weighted by Gasteiger charge is 2.44. The van der Waals surface area contributed by atoms with Crippen LogP contribution in [-0.2, 0) is 14.3 Å². The molecule has 0 aromatic heterocycles. The number of carbonyl (C=O) groups is 2. The Morgan fingerprint density at radius 2 is 1.82 bits per heavy atom. The van der Waals surface area contributed by atoms with Gasteiger partial charge in [-0.2, -0.15) is 0 Å². The maximum atomic E-state index is 12.0. The Bertz CT molecular complexity index is 458. The highest BCUT2D eigenvalue weighted by atomic mass is 16.6. The van der Waals surface area contributed by atoms with E-state index in [4.69, 9.17) is 9.47 Å². The lowest BCUT2D eigenvalue weighted by molar-refractivity contribution is -0.137. The molecular formula is C17H27NO4. The van der Waals surface area contributed by atoms with Gasteiger partial charge >= 0.3 is 12.1 Å². The number of piperidine rings is 1. The van der Waals surface area contributed by atoms with E-state index in [0.717, 1.165) is 38.8 Å². The lowest BCUT2D eigenvalue weighted by atomic mass is 9.60. The normalized spacial score (nSPS) is 20.4. The summed E-state index contributed by atoms with van der Waals surface area (Å²) in [6.45, 7) is 9.35. The van der Waals surface area contributed by atoms with Crippen LogP contribution in [0.4, 0.5) is 4.79 Å². The average Bonchev–Trinajstić information content (AvgIpc) is 2.36. The second-order valence-electron chi connectivity index (χ2n) is 7.38. The van der Waals surface area contributed by atoms with E-state index in [1.807, 2.05) is 27.7 Å². The lowest BCUT2D eigenvalue weighted by Gasteiger charge is -2.49. The Labute approximate surface area is 132 Å². The fourth-order valence-electron chi connectivity index (χ4n) is 3.21. The quantitative estimate of drug-likeness (QED) is 0.580. The van der Waals surface area contributed by atoms with Gasteiger partial charge in [-0.05, 0) is 58.8 Å². The minimum Gasteiger partial charge on any atom is -0.463 e. The van der Waals surface area contributed by atoms with Gasteiger partial charge in [0.1, 0.15) is 5.60 Å². The van der Waals surface area contributed by atoms with Crippen molar-refractivity contribution in [3.05, 3.63) is 11.6 Å². The van der Waals surface area contributed by atoms with Crippen molar-refractivity contribution in [2.45, 2.75) is 59.0 Å². The van der Waals surface area contributed by atoms with Gasteiger partial charge in [0.25, 0.3) is 0 Å². The van der Waals surface area contributed by atoms with E-state index in [9.17, 15) is 9.59 Å². The molecule has 5 heteroatoms. The van der Waals surface area contributed by atoms with Gasteiger partial charge in [0.05, 0.1) is 6.61 Å². The minimum atomic E-state index is -0.446. The van der Waals surface area contributed by atoms with Crippen molar-refractivity contribution >= 4 is 12.1 Å². The number of amides is 1. The smallest absolute Gasteiger partial charge is 0.410 e. The Morgan fingerprint density at radius 3 is 2.32 bits per heavy atom. The van der Waals surface area contributed by atoms with E-state index in [0.29, 0.717) is 6.61 Å². The molecule has 124 valence electrons. The molecule has 1 saturated heterocycles. The molecule has 22 heavy (non-hydrogen) atoms. The van der Waals surface area contributed by atoms with Crippen LogP contribution in [0.1, 0.15) is 53.4 Å². The van der Waals surface area contributed by atoms with Crippen molar-refractivity contribution in [2.75, 3.05) is 19.7 Å². The van der Waals surface area contributed by atoms with Crippen LogP contribution in [0.25, 0.3) is 0 Å². The largest absolute Gasteiger partial charge is 0.463 e. The summed E-state index contributed by atoms with van der Waals surface area (Å²) in [4.78, 5) is 25.3. The molecule has 0 radical (unpaired) electrons. The van der Waals surface area contributed by atoms with Crippen LogP contribution >= 0.6 is 0 Å². The maximum Gasteiger partial charge on any atom is 0.410 e. The molecule has 2 aliphatic rings. The number of hydrogen-bond acceptors (Lipinski definition) is 4. The number of carbonyl (C=O) groups excluding carboxylic acids is 2. The summed E-state index contributed by atoms with van der Waals surface area (Å²) in [6, 6.07) is 0. The predicted octanol–water partition coefficient (Wildman–Crippen LogP) is 3.29. The zero-order valence-corrected chi connectivity index (χ0v) is 14.1. The second-order valence-corrected chi connectivity index (χ2v) is 7.38. The van der Waals surface area contributed by atoms with E-state index in [-0.39, 0.29) is 17.5 Å². The summed E-state index contributed by atoms with van der Waals surface area (Å²) in [6.07, 6.45) is 5.28. The van der Waals surface area contributed by atoms with Crippen molar-refractivity contribution in [2.24, 2.45) is 5.41 Å². The van der Waals surface area contributed by atoms with Crippen molar-refractivity contribution in [1.82, 2.24) is 4.90 Å². The van der Waals surface area contributed by atoms with Gasteiger partial charge in [-0.25, -0.2) is 9.59 Å². The van der Waals surface area contributed by atoms with Gasteiger partial charge in [-0.1, -0.05) is 5.57 Å². The molecular weight excluding hydrogens is 282 g/mol. The molecule has 0 N–H and O–H groups in total. The highest BCUT2D eigenvalue weighted by molar-refractivity contribution is 5.83. The fourth-order valence-corrected chi connectivity index (χ4v) is 3.21. The highest BCUT2D eigenvalue weighted by Crippen LogP contribution is 2.52. The van der Waals surface area contributed by atoms with Crippen LogP contribution in [0, 0.1) is 5.41 Å². The molecule has 1 aliphatic carbocycles. The molecule has 2 rings (SSSR count). The van der Waals surface area contributed by atoms with Gasteiger partial charge in [-0.3, -0.25) is 0 Å². The fraction of sp³-hybridized carbons (Fsp3) is 0.765. The van der Waals surface area contributed by atoms with Crippen LogP contribution in [0.2, 0.25) is 0 Å². The number of nitrogens with zero attached hydrogens (tertiary/aromatic N) is 1. The minimum absolute atomic E-state index is 0.219. The molecule has 0 bridgehead atoms. The zero-order chi connectivity index (χ0) is 16.4. The van der Waals surface area contributed by atoms with Crippen molar-refractivity contribution in [1.29, 1.82) is 0 Å². The molecule has 1 saturated carbocycles. The Balaban J connectivity index is 1.79. The lowest BCUT2D eigenvalue weighted by Crippen LogP contribution is -2.48.